The Labute approximate surface area is 132 Å². The van der Waals surface area contributed by atoms with Gasteiger partial charge in [0.2, 0.25) is 0 Å². The molecule has 4 nitrogen and oxygen atoms in total. The van der Waals surface area contributed by atoms with Gasteiger partial charge in [0.15, 0.2) is 5.78 Å². The number of nitrogen functional groups attached to an aromatic ring is 1. The number of aryl methyl sites for hydroxylation is 1. The van der Waals surface area contributed by atoms with E-state index in [-0.39, 0.29) is 17.7 Å². The van der Waals surface area contributed by atoms with Gasteiger partial charge in [0.25, 0.3) is 5.91 Å². The zero-order chi connectivity index (χ0) is 16.1. The standard InChI is InChI=1S/C18H26N2O2/c1-12-10-15(8-9-16(12)19)18(22)20-17(13(2)21)11-14-6-4-3-5-7-14/h8-10,14,17H,3-7,11,19H2,1-2H3,(H,20,22)/t17-/m0/s1. The van der Waals surface area contributed by atoms with E-state index in [0.717, 1.165) is 12.0 Å². The number of hydrogen-bond acceptors (Lipinski definition) is 3. The van der Waals surface area contributed by atoms with Crippen LogP contribution in [0, 0.1) is 12.8 Å². The topological polar surface area (TPSA) is 72.2 Å². The van der Waals surface area contributed by atoms with Crippen molar-refractivity contribution in [1.82, 2.24) is 5.32 Å². The number of benzene rings is 1. The summed E-state index contributed by atoms with van der Waals surface area (Å²) >= 11 is 0. The predicted molar refractivity (Wildman–Crippen MR) is 88.7 cm³/mol. The fraction of sp³-hybridized carbons (Fsp3) is 0.556. The van der Waals surface area contributed by atoms with Crippen molar-refractivity contribution < 1.29 is 9.59 Å². The van der Waals surface area contributed by atoms with E-state index in [4.69, 9.17) is 5.73 Å². The highest BCUT2D eigenvalue weighted by atomic mass is 16.2. The summed E-state index contributed by atoms with van der Waals surface area (Å²) in [5.41, 5.74) is 7.88. The first-order valence-electron chi connectivity index (χ1n) is 8.15. The predicted octanol–water partition coefficient (Wildman–Crippen LogP) is 3.24. The van der Waals surface area contributed by atoms with Gasteiger partial charge in [-0.1, -0.05) is 32.1 Å². The largest absolute Gasteiger partial charge is 0.399 e. The maximum absolute atomic E-state index is 12.4. The Bertz CT molecular complexity index is 548. The van der Waals surface area contributed by atoms with Gasteiger partial charge in [-0.2, -0.15) is 0 Å². The van der Waals surface area contributed by atoms with E-state index in [2.05, 4.69) is 5.32 Å². The molecule has 1 aromatic rings. The van der Waals surface area contributed by atoms with E-state index in [9.17, 15) is 9.59 Å². The van der Waals surface area contributed by atoms with Gasteiger partial charge in [-0.25, -0.2) is 0 Å². The van der Waals surface area contributed by atoms with Crippen molar-refractivity contribution >= 4 is 17.4 Å². The van der Waals surface area contributed by atoms with E-state index in [0.29, 0.717) is 17.2 Å². The first-order valence-corrected chi connectivity index (χ1v) is 8.15. The van der Waals surface area contributed by atoms with Gasteiger partial charge in [-0.3, -0.25) is 9.59 Å². The van der Waals surface area contributed by atoms with Crippen LogP contribution in [0.2, 0.25) is 0 Å². The van der Waals surface area contributed by atoms with Crippen LogP contribution in [0.1, 0.15) is 61.4 Å². The normalized spacial score (nSPS) is 17.0. The molecule has 0 heterocycles. The van der Waals surface area contributed by atoms with Gasteiger partial charge in [0, 0.05) is 11.3 Å². The van der Waals surface area contributed by atoms with E-state index in [1.165, 1.54) is 32.1 Å². The minimum Gasteiger partial charge on any atom is -0.399 e. The molecule has 1 amide bonds. The van der Waals surface area contributed by atoms with Crippen LogP contribution in [0.4, 0.5) is 5.69 Å². The quantitative estimate of drug-likeness (QED) is 0.820. The van der Waals surface area contributed by atoms with Gasteiger partial charge in [0.05, 0.1) is 6.04 Å². The second kappa shape index (κ2) is 7.43. The summed E-state index contributed by atoms with van der Waals surface area (Å²) in [5.74, 6) is 0.390. The summed E-state index contributed by atoms with van der Waals surface area (Å²) in [7, 11) is 0. The lowest BCUT2D eigenvalue weighted by Crippen LogP contribution is -2.41. The van der Waals surface area contributed by atoms with Crippen molar-refractivity contribution in [2.45, 2.75) is 58.4 Å². The zero-order valence-electron chi connectivity index (χ0n) is 13.5. The number of amides is 1. The first kappa shape index (κ1) is 16.5. The second-order valence-electron chi connectivity index (χ2n) is 6.45. The Balaban J connectivity index is 2.01. The number of nitrogens with two attached hydrogens (primary N) is 1. The molecule has 2 rings (SSSR count). The molecule has 0 unspecified atom stereocenters. The molecule has 3 N–H and O–H groups in total. The van der Waals surface area contributed by atoms with Crippen LogP contribution in [0.25, 0.3) is 0 Å². The van der Waals surface area contributed by atoms with Gasteiger partial charge < -0.3 is 11.1 Å². The third kappa shape index (κ3) is 4.33. The van der Waals surface area contributed by atoms with E-state index in [1.54, 1.807) is 25.1 Å². The molecule has 1 atom stereocenters. The molecule has 1 aliphatic rings. The number of carbonyl (C=O) groups is 2. The molecule has 0 aromatic heterocycles. The Kier molecular flexibility index (Phi) is 5.58. The third-order valence-electron chi connectivity index (χ3n) is 4.62. The summed E-state index contributed by atoms with van der Waals surface area (Å²) in [6.45, 7) is 3.43. The van der Waals surface area contributed by atoms with Crippen LogP contribution < -0.4 is 11.1 Å². The van der Waals surface area contributed by atoms with Crippen LogP contribution in [0.5, 0.6) is 0 Å². The van der Waals surface area contributed by atoms with Crippen molar-refractivity contribution in [2.24, 2.45) is 5.92 Å². The molecule has 120 valence electrons. The number of Topliss-reactive ketones (excluding diaryl/α,β-unsaturated/α-hetero) is 1. The average molecular weight is 302 g/mol. The molecule has 0 spiro atoms. The number of rotatable bonds is 5. The fourth-order valence-corrected chi connectivity index (χ4v) is 3.14. The minimum absolute atomic E-state index is 0.0334. The maximum Gasteiger partial charge on any atom is 0.251 e. The molecule has 0 saturated heterocycles. The van der Waals surface area contributed by atoms with Gasteiger partial charge in [-0.05, 0) is 49.9 Å². The molecule has 0 bridgehead atoms. The van der Waals surface area contributed by atoms with Crippen LogP contribution in [0.15, 0.2) is 18.2 Å². The first-order chi connectivity index (χ1) is 10.5. The number of nitrogens with one attached hydrogen (secondary N) is 1. The molecular formula is C18H26N2O2. The van der Waals surface area contributed by atoms with E-state index < -0.39 is 0 Å². The summed E-state index contributed by atoms with van der Waals surface area (Å²) in [4.78, 5) is 24.2. The summed E-state index contributed by atoms with van der Waals surface area (Å²) in [6, 6.07) is 4.82. The lowest BCUT2D eigenvalue weighted by molar-refractivity contribution is -0.119. The van der Waals surface area contributed by atoms with Crippen LogP contribution in [-0.4, -0.2) is 17.7 Å². The number of hydrogen-bond donors (Lipinski definition) is 2. The highest BCUT2D eigenvalue weighted by Crippen LogP contribution is 2.27. The Morgan fingerprint density at radius 2 is 1.95 bits per heavy atom. The molecule has 1 aliphatic carbocycles. The van der Waals surface area contributed by atoms with E-state index >= 15 is 0 Å². The lowest BCUT2D eigenvalue weighted by atomic mass is 9.84. The number of anilines is 1. The summed E-state index contributed by atoms with van der Waals surface area (Å²) in [6.07, 6.45) is 6.86. The van der Waals surface area contributed by atoms with Gasteiger partial charge >= 0.3 is 0 Å². The molecule has 1 saturated carbocycles. The van der Waals surface area contributed by atoms with Crippen LogP contribution in [-0.2, 0) is 4.79 Å². The average Bonchev–Trinajstić information content (AvgIpc) is 2.50. The molecular weight excluding hydrogens is 276 g/mol. The van der Waals surface area contributed by atoms with Crippen molar-refractivity contribution in [1.29, 1.82) is 0 Å². The summed E-state index contributed by atoms with van der Waals surface area (Å²) < 4.78 is 0. The number of ketones is 1. The monoisotopic (exact) mass is 302 g/mol. The molecule has 1 aromatic carbocycles. The molecule has 22 heavy (non-hydrogen) atoms. The Hall–Kier alpha value is -1.84. The smallest absolute Gasteiger partial charge is 0.251 e. The van der Waals surface area contributed by atoms with E-state index in [1.807, 2.05) is 6.92 Å². The van der Waals surface area contributed by atoms with Crippen molar-refractivity contribution in [3.63, 3.8) is 0 Å². The highest BCUT2D eigenvalue weighted by molar-refractivity contribution is 5.98. The van der Waals surface area contributed by atoms with Crippen LogP contribution >= 0.6 is 0 Å². The third-order valence-corrected chi connectivity index (χ3v) is 4.62. The molecule has 1 fully saturated rings. The lowest BCUT2D eigenvalue weighted by Gasteiger charge is -2.26. The SMILES string of the molecule is CC(=O)[C@H](CC1CCCCC1)NC(=O)c1ccc(N)c(C)c1. The number of carbonyl (C=O) groups excluding carboxylic acids is 2. The van der Waals surface area contributed by atoms with Crippen LogP contribution in [0.3, 0.4) is 0 Å². The van der Waals surface area contributed by atoms with Crippen molar-refractivity contribution in [3.05, 3.63) is 29.3 Å². The Morgan fingerprint density at radius 3 is 2.55 bits per heavy atom. The van der Waals surface area contributed by atoms with Crippen molar-refractivity contribution in [2.75, 3.05) is 5.73 Å². The maximum atomic E-state index is 12.4. The Morgan fingerprint density at radius 1 is 1.27 bits per heavy atom. The molecule has 0 aliphatic heterocycles. The van der Waals surface area contributed by atoms with Gasteiger partial charge in [-0.15, -0.1) is 0 Å². The summed E-state index contributed by atoms with van der Waals surface area (Å²) in [5, 5.41) is 2.90. The zero-order valence-corrected chi connectivity index (χ0v) is 13.5. The second-order valence-corrected chi connectivity index (χ2v) is 6.45. The molecule has 0 radical (unpaired) electrons. The minimum atomic E-state index is -0.381. The highest BCUT2D eigenvalue weighted by Gasteiger charge is 2.23. The molecule has 4 heteroatoms. The van der Waals surface area contributed by atoms with Gasteiger partial charge in [0.1, 0.15) is 0 Å². The van der Waals surface area contributed by atoms with Crippen molar-refractivity contribution in [3.8, 4) is 0 Å². The fourth-order valence-electron chi connectivity index (χ4n) is 3.14.